The normalized spacial score (nSPS) is 13.4. The Morgan fingerprint density at radius 3 is 2.67 bits per heavy atom. The van der Waals surface area contributed by atoms with E-state index in [0.717, 1.165) is 18.0 Å². The Labute approximate surface area is 128 Å². The molecule has 0 aliphatic carbocycles. The number of aromatic nitrogens is 2. The molecule has 0 fully saturated rings. The number of nitrogens with one attached hydrogen (secondary N) is 1. The zero-order chi connectivity index (χ0) is 15.6. The molecule has 0 spiro atoms. The zero-order valence-electron chi connectivity index (χ0n) is 11.2. The standard InChI is InChI=1S/C13H14BrF3N4/c1-21-5-4-19-12(21)7-11(20-18)9-6-8(13(15,16)17)2-3-10(9)14/h2-6,11,20H,7,18H2,1H3. The number of imidazole rings is 1. The average Bonchev–Trinajstić information content (AvgIpc) is 2.81. The summed E-state index contributed by atoms with van der Waals surface area (Å²) in [5.41, 5.74) is 2.29. The van der Waals surface area contributed by atoms with Crippen LogP contribution < -0.4 is 11.3 Å². The number of halogens is 4. The Morgan fingerprint density at radius 2 is 2.14 bits per heavy atom. The lowest BCUT2D eigenvalue weighted by Gasteiger charge is -2.19. The van der Waals surface area contributed by atoms with Gasteiger partial charge in [-0.1, -0.05) is 15.9 Å². The first-order chi connectivity index (χ1) is 9.82. The zero-order valence-corrected chi connectivity index (χ0v) is 12.7. The molecule has 2 aromatic rings. The second-order valence-electron chi connectivity index (χ2n) is 4.61. The first kappa shape index (κ1) is 16.0. The number of hydrogen-bond donors (Lipinski definition) is 2. The van der Waals surface area contributed by atoms with Gasteiger partial charge in [0.25, 0.3) is 0 Å². The summed E-state index contributed by atoms with van der Waals surface area (Å²) in [6.45, 7) is 0. The van der Waals surface area contributed by atoms with Crippen molar-refractivity contribution in [2.45, 2.75) is 18.6 Å². The molecule has 0 saturated carbocycles. The lowest BCUT2D eigenvalue weighted by Crippen LogP contribution is -2.30. The van der Waals surface area contributed by atoms with E-state index in [4.69, 9.17) is 5.84 Å². The second-order valence-corrected chi connectivity index (χ2v) is 5.47. The number of rotatable bonds is 4. The van der Waals surface area contributed by atoms with Gasteiger partial charge in [-0.3, -0.25) is 11.3 Å². The smallest absolute Gasteiger partial charge is 0.338 e. The lowest BCUT2D eigenvalue weighted by molar-refractivity contribution is -0.137. The van der Waals surface area contributed by atoms with Gasteiger partial charge in [0.15, 0.2) is 0 Å². The van der Waals surface area contributed by atoms with Crippen molar-refractivity contribution in [3.05, 3.63) is 52.0 Å². The molecule has 1 unspecified atom stereocenters. The number of alkyl halides is 3. The molecule has 0 bridgehead atoms. The molecule has 114 valence electrons. The van der Waals surface area contributed by atoms with E-state index in [1.54, 1.807) is 17.0 Å². The summed E-state index contributed by atoms with van der Waals surface area (Å²) in [4.78, 5) is 4.16. The fraction of sp³-hybridized carbons (Fsp3) is 0.308. The van der Waals surface area contributed by atoms with Crippen LogP contribution in [0.15, 0.2) is 35.1 Å². The van der Waals surface area contributed by atoms with Gasteiger partial charge in [0.2, 0.25) is 0 Å². The van der Waals surface area contributed by atoms with Crippen molar-refractivity contribution >= 4 is 15.9 Å². The van der Waals surface area contributed by atoms with E-state index < -0.39 is 17.8 Å². The molecule has 1 aromatic heterocycles. The summed E-state index contributed by atoms with van der Waals surface area (Å²) in [6, 6.07) is 3.02. The second kappa shape index (κ2) is 6.17. The van der Waals surface area contributed by atoms with Gasteiger partial charge in [-0.2, -0.15) is 13.2 Å². The van der Waals surface area contributed by atoms with Crippen molar-refractivity contribution in [1.82, 2.24) is 15.0 Å². The molecular formula is C13H14BrF3N4. The van der Waals surface area contributed by atoms with Gasteiger partial charge in [0, 0.05) is 30.3 Å². The first-order valence-corrected chi connectivity index (χ1v) is 6.91. The van der Waals surface area contributed by atoms with Crippen LogP contribution in [-0.2, 0) is 19.6 Å². The van der Waals surface area contributed by atoms with Crippen LogP contribution in [0.2, 0.25) is 0 Å². The van der Waals surface area contributed by atoms with Gasteiger partial charge in [-0.25, -0.2) is 4.98 Å². The summed E-state index contributed by atoms with van der Waals surface area (Å²) in [5.74, 6) is 6.23. The first-order valence-electron chi connectivity index (χ1n) is 6.12. The quantitative estimate of drug-likeness (QED) is 0.649. The van der Waals surface area contributed by atoms with Crippen LogP contribution in [0.4, 0.5) is 13.2 Å². The third-order valence-electron chi connectivity index (χ3n) is 3.21. The van der Waals surface area contributed by atoms with Crippen LogP contribution in [0.25, 0.3) is 0 Å². The Kier molecular flexibility index (Phi) is 4.70. The van der Waals surface area contributed by atoms with Gasteiger partial charge >= 0.3 is 6.18 Å². The average molecular weight is 363 g/mol. The number of nitrogens with two attached hydrogens (primary N) is 1. The van der Waals surface area contributed by atoms with Crippen molar-refractivity contribution in [2.75, 3.05) is 0 Å². The maximum atomic E-state index is 12.8. The Bertz CT molecular complexity index is 624. The van der Waals surface area contributed by atoms with E-state index in [0.29, 0.717) is 16.5 Å². The van der Waals surface area contributed by atoms with E-state index in [-0.39, 0.29) is 0 Å². The molecule has 1 heterocycles. The van der Waals surface area contributed by atoms with Gasteiger partial charge < -0.3 is 4.57 Å². The van der Waals surface area contributed by atoms with E-state index in [1.165, 1.54) is 6.07 Å². The molecule has 0 amide bonds. The predicted octanol–water partition coefficient (Wildman–Crippen LogP) is 2.95. The van der Waals surface area contributed by atoms with Gasteiger partial charge in [0.1, 0.15) is 5.82 Å². The highest BCUT2D eigenvalue weighted by molar-refractivity contribution is 9.10. The maximum absolute atomic E-state index is 12.8. The minimum absolute atomic E-state index is 0.375. The number of nitrogens with zero attached hydrogens (tertiary/aromatic N) is 2. The molecule has 1 atom stereocenters. The number of hydrazine groups is 1. The number of benzene rings is 1. The van der Waals surface area contributed by atoms with Crippen LogP contribution in [0.1, 0.15) is 23.0 Å². The van der Waals surface area contributed by atoms with Crippen molar-refractivity contribution < 1.29 is 13.2 Å². The molecule has 4 nitrogen and oxygen atoms in total. The van der Waals surface area contributed by atoms with Crippen molar-refractivity contribution in [3.63, 3.8) is 0 Å². The molecule has 1 aromatic carbocycles. The van der Waals surface area contributed by atoms with Crippen LogP contribution in [0.3, 0.4) is 0 Å². The summed E-state index contributed by atoms with van der Waals surface area (Å²) in [5, 5.41) is 0. The largest absolute Gasteiger partial charge is 0.416 e. The lowest BCUT2D eigenvalue weighted by atomic mass is 10.0. The Morgan fingerprint density at radius 1 is 1.43 bits per heavy atom. The van der Waals surface area contributed by atoms with Crippen molar-refractivity contribution in [3.8, 4) is 0 Å². The van der Waals surface area contributed by atoms with Gasteiger partial charge in [0.05, 0.1) is 11.6 Å². The third kappa shape index (κ3) is 3.63. The minimum atomic E-state index is -4.39. The molecule has 21 heavy (non-hydrogen) atoms. The van der Waals surface area contributed by atoms with E-state index in [1.807, 2.05) is 7.05 Å². The van der Waals surface area contributed by atoms with E-state index in [9.17, 15) is 13.2 Å². The van der Waals surface area contributed by atoms with Gasteiger partial charge in [-0.15, -0.1) is 0 Å². The Hall–Kier alpha value is -1.38. The number of aryl methyl sites for hydroxylation is 1. The van der Waals surface area contributed by atoms with E-state index in [2.05, 4.69) is 26.3 Å². The van der Waals surface area contributed by atoms with Crippen LogP contribution in [-0.4, -0.2) is 9.55 Å². The fourth-order valence-corrected chi connectivity index (χ4v) is 2.54. The molecule has 2 rings (SSSR count). The predicted molar refractivity (Wildman–Crippen MR) is 76.1 cm³/mol. The van der Waals surface area contributed by atoms with Crippen molar-refractivity contribution in [2.24, 2.45) is 12.9 Å². The highest BCUT2D eigenvalue weighted by atomic mass is 79.9. The highest BCUT2D eigenvalue weighted by Gasteiger charge is 2.31. The maximum Gasteiger partial charge on any atom is 0.416 e. The van der Waals surface area contributed by atoms with E-state index >= 15 is 0 Å². The van der Waals surface area contributed by atoms with Crippen molar-refractivity contribution in [1.29, 1.82) is 0 Å². The molecule has 0 aliphatic heterocycles. The molecule has 3 N–H and O–H groups in total. The molecule has 0 radical (unpaired) electrons. The van der Waals surface area contributed by atoms with Crippen LogP contribution >= 0.6 is 15.9 Å². The van der Waals surface area contributed by atoms with Crippen LogP contribution in [0.5, 0.6) is 0 Å². The third-order valence-corrected chi connectivity index (χ3v) is 3.93. The molecule has 0 saturated heterocycles. The number of hydrogen-bond acceptors (Lipinski definition) is 3. The SMILES string of the molecule is Cn1ccnc1CC(NN)c1cc(C(F)(F)F)ccc1Br. The molecular weight excluding hydrogens is 349 g/mol. The summed E-state index contributed by atoms with van der Waals surface area (Å²) in [6.07, 6.45) is -0.619. The molecule has 8 heteroatoms. The summed E-state index contributed by atoms with van der Waals surface area (Å²) in [7, 11) is 1.82. The summed E-state index contributed by atoms with van der Waals surface area (Å²) >= 11 is 3.27. The molecule has 0 aliphatic rings. The van der Waals surface area contributed by atoms with Crippen LogP contribution in [0, 0.1) is 0 Å². The Balaban J connectivity index is 2.35. The van der Waals surface area contributed by atoms with Gasteiger partial charge in [-0.05, 0) is 23.8 Å². The fourth-order valence-electron chi connectivity index (χ4n) is 2.02. The highest BCUT2D eigenvalue weighted by Crippen LogP contribution is 2.34. The topological polar surface area (TPSA) is 55.9 Å². The minimum Gasteiger partial charge on any atom is -0.338 e. The monoisotopic (exact) mass is 362 g/mol. The summed E-state index contributed by atoms with van der Waals surface area (Å²) < 4.78 is 40.8.